The molecule has 1 saturated carbocycles. The number of fused-ring (bicyclic) bond motifs is 2. The van der Waals surface area contributed by atoms with E-state index in [-0.39, 0.29) is 30.2 Å². The average molecular weight is 573 g/mol. The van der Waals surface area contributed by atoms with Gasteiger partial charge < -0.3 is 4.74 Å². The maximum absolute atomic E-state index is 13.5. The van der Waals surface area contributed by atoms with Crippen molar-refractivity contribution in [2.24, 2.45) is 0 Å². The number of rotatable bonds is 5. The number of piperidine rings is 2. The second-order valence-electron chi connectivity index (χ2n) is 13.3. The van der Waals surface area contributed by atoms with E-state index in [1.807, 2.05) is 39.0 Å². The van der Waals surface area contributed by atoms with Gasteiger partial charge in [-0.25, -0.2) is 4.79 Å². The molecule has 4 aliphatic rings. The van der Waals surface area contributed by atoms with Crippen molar-refractivity contribution in [3.05, 3.63) is 59.2 Å². The Morgan fingerprint density at radius 3 is 2.33 bits per heavy atom. The van der Waals surface area contributed by atoms with Crippen LogP contribution in [0.2, 0.25) is 0 Å². The molecule has 222 valence electrons. The van der Waals surface area contributed by atoms with Gasteiger partial charge in [0.05, 0.1) is 5.41 Å². The summed E-state index contributed by atoms with van der Waals surface area (Å²) in [4.78, 5) is 55.9. The van der Waals surface area contributed by atoms with E-state index in [0.717, 1.165) is 62.3 Å². The zero-order valence-corrected chi connectivity index (χ0v) is 24.9. The summed E-state index contributed by atoms with van der Waals surface area (Å²) in [6.07, 6.45) is 3.98. The lowest BCUT2D eigenvalue weighted by atomic mass is 9.89. The van der Waals surface area contributed by atoms with Crippen LogP contribution in [0.15, 0.2) is 42.5 Å². The number of likely N-dealkylation sites (tertiary alicyclic amines) is 1. The molecule has 1 unspecified atom stereocenters. The fourth-order valence-electron chi connectivity index (χ4n) is 6.66. The average Bonchev–Trinajstić information content (AvgIpc) is 3.72. The number of benzene rings is 2. The molecule has 1 atom stereocenters. The number of nitrogens with zero attached hydrogens (tertiary/aromatic N) is 3. The van der Waals surface area contributed by atoms with Crippen LogP contribution in [0.4, 0.5) is 16.2 Å². The molecule has 0 aromatic heterocycles. The maximum atomic E-state index is 13.5. The van der Waals surface area contributed by atoms with Gasteiger partial charge in [0.25, 0.3) is 0 Å². The standard InChI is InChI=1S/C33H40N4O5/c1-32(2,3)42-31(41)35(4)24-8-6-22(7-9-24)23-13-17-36(18-14-23)20-21-5-10-26-25(19-21)33(15-16-33)30(40)37(26)27-11-12-28(38)34-29(27)39/h5-10,19,23,27H,11-18,20H2,1-4H3,(H,34,38,39). The number of hydrogen-bond donors (Lipinski definition) is 1. The minimum Gasteiger partial charge on any atom is -0.443 e. The zero-order valence-electron chi connectivity index (χ0n) is 24.9. The van der Waals surface area contributed by atoms with Crippen LogP contribution in [0.3, 0.4) is 0 Å². The predicted octanol–water partition coefficient (Wildman–Crippen LogP) is 4.62. The highest BCUT2D eigenvalue weighted by atomic mass is 16.6. The number of amides is 4. The molecule has 1 spiro atoms. The molecule has 9 nitrogen and oxygen atoms in total. The Bertz CT molecular complexity index is 1420. The highest BCUT2D eigenvalue weighted by Gasteiger charge is 2.61. The summed E-state index contributed by atoms with van der Waals surface area (Å²) in [5.74, 6) is -0.170. The largest absolute Gasteiger partial charge is 0.443 e. The van der Waals surface area contributed by atoms with Crippen LogP contribution in [0.1, 0.15) is 81.9 Å². The van der Waals surface area contributed by atoms with E-state index in [0.29, 0.717) is 12.3 Å². The van der Waals surface area contributed by atoms with Crippen molar-refractivity contribution in [3.63, 3.8) is 0 Å². The Morgan fingerprint density at radius 2 is 1.71 bits per heavy atom. The second-order valence-corrected chi connectivity index (χ2v) is 13.3. The van der Waals surface area contributed by atoms with Crippen molar-refractivity contribution in [3.8, 4) is 0 Å². The van der Waals surface area contributed by atoms with Gasteiger partial charge in [0.15, 0.2) is 0 Å². The van der Waals surface area contributed by atoms with Gasteiger partial charge in [0.1, 0.15) is 11.6 Å². The normalized spacial score (nSPS) is 22.2. The van der Waals surface area contributed by atoms with Crippen LogP contribution >= 0.6 is 0 Å². The van der Waals surface area contributed by atoms with E-state index in [2.05, 4.69) is 34.5 Å². The minimum absolute atomic E-state index is 0.00766. The van der Waals surface area contributed by atoms with E-state index in [9.17, 15) is 19.2 Å². The molecule has 0 radical (unpaired) electrons. The number of anilines is 2. The minimum atomic E-state index is -0.620. The fourth-order valence-corrected chi connectivity index (χ4v) is 6.66. The predicted molar refractivity (Wildman–Crippen MR) is 159 cm³/mol. The molecular formula is C33H40N4O5. The lowest BCUT2D eigenvalue weighted by Gasteiger charge is -2.32. The third-order valence-corrected chi connectivity index (χ3v) is 9.15. The maximum Gasteiger partial charge on any atom is 0.414 e. The first-order valence-corrected chi connectivity index (χ1v) is 15.0. The van der Waals surface area contributed by atoms with Gasteiger partial charge in [-0.1, -0.05) is 24.3 Å². The molecule has 2 aromatic carbocycles. The van der Waals surface area contributed by atoms with Gasteiger partial charge >= 0.3 is 6.09 Å². The fraction of sp³-hybridized carbons (Fsp3) is 0.515. The molecular weight excluding hydrogens is 532 g/mol. The highest BCUT2D eigenvalue weighted by molar-refractivity contribution is 6.15. The molecule has 4 amide bonds. The van der Waals surface area contributed by atoms with Crippen LogP contribution in [0.5, 0.6) is 0 Å². The molecule has 9 heteroatoms. The van der Waals surface area contributed by atoms with Crippen molar-refractivity contribution in [1.29, 1.82) is 0 Å². The summed E-state index contributed by atoms with van der Waals surface area (Å²) < 4.78 is 5.48. The molecule has 1 aliphatic carbocycles. The number of carbonyl (C=O) groups is 4. The molecule has 3 heterocycles. The Morgan fingerprint density at radius 1 is 1.02 bits per heavy atom. The molecule has 3 fully saturated rings. The summed E-state index contributed by atoms with van der Waals surface area (Å²) in [6.45, 7) is 8.37. The van der Waals surface area contributed by atoms with Crippen LogP contribution in [-0.4, -0.2) is 60.5 Å². The number of carbonyl (C=O) groups excluding carboxylic acids is 4. The topological polar surface area (TPSA) is 99.3 Å². The van der Waals surface area contributed by atoms with Crippen molar-refractivity contribution >= 4 is 35.2 Å². The Labute approximate surface area is 247 Å². The summed E-state index contributed by atoms with van der Waals surface area (Å²) in [6, 6.07) is 13.9. The monoisotopic (exact) mass is 572 g/mol. The van der Waals surface area contributed by atoms with E-state index in [1.54, 1.807) is 11.9 Å². The van der Waals surface area contributed by atoms with Gasteiger partial charge in [0.2, 0.25) is 17.7 Å². The molecule has 42 heavy (non-hydrogen) atoms. The van der Waals surface area contributed by atoms with Gasteiger partial charge in [-0.2, -0.15) is 0 Å². The van der Waals surface area contributed by atoms with Gasteiger partial charge in [-0.15, -0.1) is 0 Å². The van der Waals surface area contributed by atoms with E-state index < -0.39 is 17.1 Å². The lowest BCUT2D eigenvalue weighted by Crippen LogP contribution is -2.54. The molecule has 1 N–H and O–H groups in total. The van der Waals surface area contributed by atoms with E-state index in [1.165, 1.54) is 16.0 Å². The first-order valence-electron chi connectivity index (χ1n) is 15.0. The van der Waals surface area contributed by atoms with E-state index >= 15 is 0 Å². The van der Waals surface area contributed by atoms with Crippen LogP contribution < -0.4 is 15.1 Å². The number of ether oxygens (including phenoxy) is 1. The van der Waals surface area contributed by atoms with Crippen molar-refractivity contribution in [2.75, 3.05) is 29.9 Å². The first-order chi connectivity index (χ1) is 19.9. The molecule has 0 bridgehead atoms. The van der Waals surface area contributed by atoms with E-state index in [4.69, 9.17) is 4.74 Å². The molecule has 6 rings (SSSR count). The van der Waals surface area contributed by atoms with Crippen LogP contribution in [0.25, 0.3) is 0 Å². The number of hydrogen-bond acceptors (Lipinski definition) is 6. The SMILES string of the molecule is CN(C(=O)OC(C)(C)C)c1ccc(C2CCN(Cc3ccc4c(c3)C3(CC3)C(=O)N4C3CCC(=O)NC3=O)CC2)cc1. The molecule has 2 saturated heterocycles. The third-order valence-electron chi connectivity index (χ3n) is 9.15. The summed E-state index contributed by atoms with van der Waals surface area (Å²) in [7, 11) is 1.73. The number of nitrogens with one attached hydrogen (secondary N) is 1. The smallest absolute Gasteiger partial charge is 0.414 e. The first kappa shape index (κ1) is 28.4. The summed E-state index contributed by atoms with van der Waals surface area (Å²) >= 11 is 0. The Kier molecular flexibility index (Phi) is 7.12. The quantitative estimate of drug-likeness (QED) is 0.525. The highest BCUT2D eigenvalue weighted by Crippen LogP contribution is 2.58. The Balaban J connectivity index is 1.08. The van der Waals surface area contributed by atoms with Gasteiger partial charge in [0, 0.05) is 31.4 Å². The van der Waals surface area contributed by atoms with Crippen LogP contribution in [0, 0.1) is 0 Å². The van der Waals surface area contributed by atoms with Crippen LogP contribution in [-0.2, 0) is 31.1 Å². The lowest BCUT2D eigenvalue weighted by molar-refractivity contribution is -0.135. The number of imide groups is 1. The molecule has 2 aromatic rings. The van der Waals surface area contributed by atoms with Crippen molar-refractivity contribution < 1.29 is 23.9 Å². The summed E-state index contributed by atoms with van der Waals surface area (Å²) in [5, 5.41) is 2.41. The second kappa shape index (κ2) is 10.5. The van der Waals surface area contributed by atoms with Gasteiger partial charge in [-0.3, -0.25) is 34.4 Å². The molecule has 3 aliphatic heterocycles. The third kappa shape index (κ3) is 5.30. The summed E-state index contributed by atoms with van der Waals surface area (Å²) in [5.41, 5.74) is 4.12. The Hall–Kier alpha value is -3.72. The van der Waals surface area contributed by atoms with Crippen molar-refractivity contribution in [2.45, 2.75) is 88.8 Å². The van der Waals surface area contributed by atoms with Crippen molar-refractivity contribution in [1.82, 2.24) is 10.2 Å². The van der Waals surface area contributed by atoms with Gasteiger partial charge in [-0.05, 0) is 107 Å². The zero-order chi connectivity index (χ0) is 29.8.